The predicted octanol–water partition coefficient (Wildman–Crippen LogP) is 2.56. The third kappa shape index (κ3) is 3.30. The number of sulfonamides is 1. The van der Waals surface area contributed by atoms with E-state index in [9.17, 15) is 13.2 Å². The molecule has 0 atom stereocenters. The predicted molar refractivity (Wildman–Crippen MR) is 93.7 cm³/mol. The number of hydrogen-bond donors (Lipinski definition) is 1. The Labute approximate surface area is 142 Å². The normalized spacial score (nSPS) is 17.1. The summed E-state index contributed by atoms with van der Waals surface area (Å²) in [5.41, 5.74) is 2.94. The van der Waals surface area contributed by atoms with Gasteiger partial charge in [0.1, 0.15) is 0 Å². The molecular formula is C18H22N2O3S. The van der Waals surface area contributed by atoms with Gasteiger partial charge < -0.3 is 4.98 Å². The van der Waals surface area contributed by atoms with E-state index in [1.165, 1.54) is 0 Å². The lowest BCUT2D eigenvalue weighted by atomic mass is 9.91. The van der Waals surface area contributed by atoms with E-state index in [1.807, 2.05) is 26.0 Å². The minimum atomic E-state index is -3.45. The van der Waals surface area contributed by atoms with Crippen molar-refractivity contribution in [3.8, 4) is 0 Å². The molecule has 0 bridgehead atoms. The van der Waals surface area contributed by atoms with Gasteiger partial charge in [-0.3, -0.25) is 4.79 Å². The van der Waals surface area contributed by atoms with E-state index in [0.717, 1.165) is 29.5 Å². The lowest BCUT2D eigenvalue weighted by molar-refractivity contribution is 0.319. The van der Waals surface area contributed by atoms with Crippen molar-refractivity contribution in [1.29, 1.82) is 0 Å². The molecule has 0 unspecified atom stereocenters. The summed E-state index contributed by atoms with van der Waals surface area (Å²) in [7, 11) is -3.45. The lowest BCUT2D eigenvalue weighted by Gasteiger charge is -2.31. The first-order valence-electron chi connectivity index (χ1n) is 8.14. The fraction of sp³-hybridized carbons (Fsp3) is 0.389. The SMILES string of the molecule is Cc1ccc(S(=O)(=O)N2CCC(c3cc[nH]c(=O)c3)CC2)cc1C. The van der Waals surface area contributed by atoms with E-state index in [1.54, 1.807) is 28.7 Å². The number of pyridine rings is 1. The summed E-state index contributed by atoms with van der Waals surface area (Å²) in [6.07, 6.45) is 3.11. The van der Waals surface area contributed by atoms with Crippen LogP contribution >= 0.6 is 0 Å². The second kappa shape index (κ2) is 6.53. The Morgan fingerprint density at radius 3 is 2.38 bits per heavy atom. The third-order valence-electron chi connectivity index (χ3n) is 4.84. The van der Waals surface area contributed by atoms with E-state index < -0.39 is 10.0 Å². The van der Waals surface area contributed by atoms with Gasteiger partial charge in [-0.05, 0) is 67.5 Å². The quantitative estimate of drug-likeness (QED) is 0.928. The minimum Gasteiger partial charge on any atom is -0.329 e. The topological polar surface area (TPSA) is 70.2 Å². The Hall–Kier alpha value is -1.92. The molecule has 1 aliphatic heterocycles. The molecule has 1 aromatic carbocycles. The maximum Gasteiger partial charge on any atom is 0.248 e. The number of aryl methyl sites for hydroxylation is 2. The van der Waals surface area contributed by atoms with E-state index in [4.69, 9.17) is 0 Å². The van der Waals surface area contributed by atoms with Crippen LogP contribution in [0.2, 0.25) is 0 Å². The van der Waals surface area contributed by atoms with Gasteiger partial charge >= 0.3 is 0 Å². The molecule has 0 amide bonds. The minimum absolute atomic E-state index is 0.113. The number of rotatable bonds is 3. The van der Waals surface area contributed by atoms with Crippen molar-refractivity contribution in [2.45, 2.75) is 37.5 Å². The third-order valence-corrected chi connectivity index (χ3v) is 6.74. The molecule has 1 aromatic heterocycles. The molecule has 2 heterocycles. The van der Waals surface area contributed by atoms with Gasteiger partial charge in [-0.25, -0.2) is 8.42 Å². The van der Waals surface area contributed by atoms with E-state index >= 15 is 0 Å². The maximum absolute atomic E-state index is 12.8. The maximum atomic E-state index is 12.8. The van der Waals surface area contributed by atoms with Crippen molar-refractivity contribution in [3.63, 3.8) is 0 Å². The smallest absolute Gasteiger partial charge is 0.248 e. The molecule has 6 heteroatoms. The van der Waals surface area contributed by atoms with Crippen LogP contribution in [0.4, 0.5) is 0 Å². The number of nitrogens with zero attached hydrogens (tertiary/aromatic N) is 1. The zero-order valence-electron chi connectivity index (χ0n) is 14.0. The molecule has 0 radical (unpaired) electrons. The fourth-order valence-electron chi connectivity index (χ4n) is 3.17. The summed E-state index contributed by atoms with van der Waals surface area (Å²) in [5, 5.41) is 0. The molecule has 1 fully saturated rings. The van der Waals surface area contributed by atoms with Gasteiger partial charge in [0, 0.05) is 25.4 Å². The van der Waals surface area contributed by atoms with Crippen LogP contribution in [-0.4, -0.2) is 30.8 Å². The Kier molecular flexibility index (Phi) is 4.60. The van der Waals surface area contributed by atoms with Crippen molar-refractivity contribution in [2.75, 3.05) is 13.1 Å². The van der Waals surface area contributed by atoms with Gasteiger partial charge in [-0.15, -0.1) is 0 Å². The van der Waals surface area contributed by atoms with Gasteiger partial charge in [-0.2, -0.15) is 4.31 Å². The van der Waals surface area contributed by atoms with Gasteiger partial charge in [-0.1, -0.05) is 6.07 Å². The zero-order chi connectivity index (χ0) is 17.3. The first-order valence-corrected chi connectivity index (χ1v) is 9.58. The summed E-state index contributed by atoms with van der Waals surface area (Å²) in [5.74, 6) is 0.235. The summed E-state index contributed by atoms with van der Waals surface area (Å²) < 4.78 is 27.2. The van der Waals surface area contributed by atoms with Crippen LogP contribution in [0, 0.1) is 13.8 Å². The molecule has 0 saturated carbocycles. The van der Waals surface area contributed by atoms with Crippen LogP contribution in [0.25, 0.3) is 0 Å². The van der Waals surface area contributed by atoms with Gasteiger partial charge in [0.05, 0.1) is 4.90 Å². The molecule has 1 aliphatic rings. The average Bonchev–Trinajstić information content (AvgIpc) is 2.57. The summed E-state index contributed by atoms with van der Waals surface area (Å²) in [6, 6.07) is 8.79. The highest BCUT2D eigenvalue weighted by molar-refractivity contribution is 7.89. The van der Waals surface area contributed by atoms with Crippen molar-refractivity contribution in [1.82, 2.24) is 9.29 Å². The average molecular weight is 346 g/mol. The number of aromatic nitrogens is 1. The Morgan fingerprint density at radius 2 is 1.75 bits per heavy atom. The van der Waals surface area contributed by atoms with Crippen molar-refractivity contribution >= 4 is 10.0 Å². The number of nitrogens with one attached hydrogen (secondary N) is 1. The van der Waals surface area contributed by atoms with Crippen molar-refractivity contribution in [3.05, 3.63) is 63.6 Å². The first kappa shape index (κ1) is 16.9. The van der Waals surface area contributed by atoms with Crippen LogP contribution < -0.4 is 5.56 Å². The summed E-state index contributed by atoms with van der Waals surface area (Å²) in [6.45, 7) is 4.85. The van der Waals surface area contributed by atoms with Gasteiger partial charge in [0.2, 0.25) is 15.6 Å². The summed E-state index contributed by atoms with van der Waals surface area (Å²) >= 11 is 0. The van der Waals surface area contributed by atoms with E-state index in [2.05, 4.69) is 4.98 Å². The molecule has 0 spiro atoms. The van der Waals surface area contributed by atoms with Gasteiger partial charge in [0.15, 0.2) is 0 Å². The molecule has 5 nitrogen and oxygen atoms in total. The Bertz CT molecular complexity index is 894. The van der Waals surface area contributed by atoms with Crippen LogP contribution in [0.3, 0.4) is 0 Å². The second-order valence-electron chi connectivity index (χ2n) is 6.41. The molecule has 1 saturated heterocycles. The molecule has 3 rings (SSSR count). The number of piperidine rings is 1. The highest BCUT2D eigenvalue weighted by atomic mass is 32.2. The van der Waals surface area contributed by atoms with E-state index in [-0.39, 0.29) is 11.5 Å². The number of benzene rings is 1. The zero-order valence-corrected chi connectivity index (χ0v) is 14.8. The van der Waals surface area contributed by atoms with Crippen LogP contribution in [0.5, 0.6) is 0 Å². The largest absolute Gasteiger partial charge is 0.329 e. The molecule has 0 aliphatic carbocycles. The van der Waals surface area contributed by atoms with Crippen LogP contribution in [-0.2, 0) is 10.0 Å². The Morgan fingerprint density at radius 1 is 1.04 bits per heavy atom. The number of hydrogen-bond acceptors (Lipinski definition) is 3. The monoisotopic (exact) mass is 346 g/mol. The van der Waals surface area contributed by atoms with Crippen molar-refractivity contribution in [2.24, 2.45) is 0 Å². The highest BCUT2D eigenvalue weighted by Gasteiger charge is 2.30. The standard InChI is InChI=1S/C18H22N2O3S/c1-13-3-4-17(11-14(13)2)24(22,23)20-9-6-15(7-10-20)16-5-8-19-18(21)12-16/h3-5,8,11-12,15H,6-7,9-10H2,1-2H3,(H,19,21). The fourth-order valence-corrected chi connectivity index (χ4v) is 4.72. The number of aromatic amines is 1. The highest BCUT2D eigenvalue weighted by Crippen LogP contribution is 2.30. The molecule has 24 heavy (non-hydrogen) atoms. The molecular weight excluding hydrogens is 324 g/mol. The summed E-state index contributed by atoms with van der Waals surface area (Å²) in [4.78, 5) is 14.4. The van der Waals surface area contributed by atoms with Crippen LogP contribution in [0.15, 0.2) is 46.2 Å². The number of H-pyrrole nitrogens is 1. The van der Waals surface area contributed by atoms with Crippen LogP contribution in [0.1, 0.15) is 35.4 Å². The molecule has 1 N–H and O–H groups in total. The lowest BCUT2D eigenvalue weighted by Crippen LogP contribution is -2.38. The molecule has 2 aromatic rings. The second-order valence-corrected chi connectivity index (χ2v) is 8.35. The van der Waals surface area contributed by atoms with Crippen molar-refractivity contribution < 1.29 is 8.42 Å². The Balaban J connectivity index is 1.76. The van der Waals surface area contributed by atoms with E-state index in [0.29, 0.717) is 18.0 Å². The first-order chi connectivity index (χ1) is 11.4. The molecule has 128 valence electrons. The van der Waals surface area contributed by atoms with Gasteiger partial charge in [0.25, 0.3) is 0 Å².